The number of nitrogen functional groups attached to an aromatic ring is 1. The van der Waals surface area contributed by atoms with Crippen molar-refractivity contribution in [2.24, 2.45) is 5.92 Å². The largest absolute Gasteiger partial charge is 0.493 e. The van der Waals surface area contributed by atoms with Crippen molar-refractivity contribution in [2.75, 3.05) is 32.0 Å². The van der Waals surface area contributed by atoms with Gasteiger partial charge in [0.25, 0.3) is 5.91 Å². The second-order valence-electron chi connectivity index (χ2n) is 7.86. The maximum absolute atomic E-state index is 12.8. The fourth-order valence-corrected chi connectivity index (χ4v) is 4.44. The normalized spacial score (nSPS) is 19.1. The van der Waals surface area contributed by atoms with Crippen molar-refractivity contribution in [3.63, 3.8) is 0 Å². The van der Waals surface area contributed by atoms with Crippen LogP contribution in [-0.2, 0) is 0 Å². The second kappa shape index (κ2) is 11.1. The number of benzene rings is 1. The highest BCUT2D eigenvalue weighted by molar-refractivity contribution is 6.33. The molecule has 3 rings (SSSR count). The van der Waals surface area contributed by atoms with Gasteiger partial charge in [0, 0.05) is 31.7 Å². The molecule has 7 heteroatoms. The van der Waals surface area contributed by atoms with Crippen LogP contribution in [0.25, 0.3) is 0 Å². The van der Waals surface area contributed by atoms with Gasteiger partial charge >= 0.3 is 0 Å². The van der Waals surface area contributed by atoms with E-state index in [-0.39, 0.29) is 24.4 Å². The van der Waals surface area contributed by atoms with E-state index in [1.807, 2.05) is 6.92 Å². The third-order valence-corrected chi connectivity index (χ3v) is 6.13. The number of nitrogens with zero attached hydrogens (tertiary/aromatic N) is 1. The second-order valence-corrected chi connectivity index (χ2v) is 8.26. The first kappa shape index (κ1) is 23.1. The van der Waals surface area contributed by atoms with Gasteiger partial charge in [0.05, 0.1) is 22.9 Å². The van der Waals surface area contributed by atoms with Crippen LogP contribution in [0.1, 0.15) is 62.2 Å². The standard InChI is InChI=1S/C21H32ClN3O2.ClH/c1-2-27-20-13-19(23)18(22)12-17(20)21(26)24-16-8-10-25(11-9-16)14-15-6-4-3-5-7-15;/h12-13,15-16H,2-11,14,23H2,1H3,(H,24,26);1H. The molecule has 2 fully saturated rings. The monoisotopic (exact) mass is 429 g/mol. The fraction of sp³-hybridized carbons (Fsp3) is 0.667. The maximum atomic E-state index is 12.8. The summed E-state index contributed by atoms with van der Waals surface area (Å²) in [6.07, 6.45) is 8.94. The zero-order chi connectivity index (χ0) is 19.2. The number of nitrogens with two attached hydrogens (primary N) is 1. The molecule has 0 radical (unpaired) electrons. The van der Waals surface area contributed by atoms with Crippen molar-refractivity contribution >= 4 is 35.6 Å². The molecule has 1 heterocycles. The molecule has 1 amide bonds. The molecule has 2 aliphatic rings. The number of piperidine rings is 1. The summed E-state index contributed by atoms with van der Waals surface area (Å²) in [6.45, 7) is 5.70. The quantitative estimate of drug-likeness (QED) is 0.652. The predicted octanol–water partition coefficient (Wildman–Crippen LogP) is 4.52. The SMILES string of the molecule is CCOc1cc(N)c(Cl)cc1C(=O)NC1CCN(CC2CCCCC2)CC1.Cl. The van der Waals surface area contributed by atoms with E-state index in [1.54, 1.807) is 12.1 Å². The molecule has 1 aromatic rings. The van der Waals surface area contributed by atoms with Crippen molar-refractivity contribution in [2.45, 2.75) is 57.9 Å². The summed E-state index contributed by atoms with van der Waals surface area (Å²) in [4.78, 5) is 15.3. The Morgan fingerprint density at radius 2 is 1.89 bits per heavy atom. The number of nitrogens with one attached hydrogen (secondary N) is 1. The number of ether oxygens (including phenoxy) is 1. The summed E-state index contributed by atoms with van der Waals surface area (Å²) in [7, 11) is 0. The molecule has 0 unspecified atom stereocenters. The molecule has 5 nitrogen and oxygen atoms in total. The van der Waals surface area contributed by atoms with Crippen LogP contribution < -0.4 is 15.8 Å². The van der Waals surface area contributed by atoms with E-state index >= 15 is 0 Å². The van der Waals surface area contributed by atoms with E-state index in [9.17, 15) is 4.79 Å². The van der Waals surface area contributed by atoms with Gasteiger partial charge < -0.3 is 20.7 Å². The Balaban J connectivity index is 0.00000280. The number of anilines is 1. The van der Waals surface area contributed by atoms with E-state index in [1.165, 1.54) is 38.6 Å². The number of carbonyl (C=O) groups excluding carboxylic acids is 1. The summed E-state index contributed by atoms with van der Waals surface area (Å²) < 4.78 is 5.58. The van der Waals surface area contributed by atoms with Crippen molar-refractivity contribution in [3.05, 3.63) is 22.7 Å². The topological polar surface area (TPSA) is 67.6 Å². The van der Waals surface area contributed by atoms with Crippen LogP contribution in [0, 0.1) is 5.92 Å². The molecule has 0 atom stereocenters. The molecule has 3 N–H and O–H groups in total. The lowest BCUT2D eigenvalue weighted by Crippen LogP contribution is -2.46. The zero-order valence-corrected chi connectivity index (χ0v) is 18.3. The van der Waals surface area contributed by atoms with Crippen LogP contribution >= 0.6 is 24.0 Å². The van der Waals surface area contributed by atoms with Gasteiger partial charge in [-0.25, -0.2) is 0 Å². The first-order chi connectivity index (χ1) is 13.1. The Morgan fingerprint density at radius 1 is 1.21 bits per heavy atom. The van der Waals surface area contributed by atoms with E-state index in [0.29, 0.717) is 28.6 Å². The Hall–Kier alpha value is -1.17. The van der Waals surface area contributed by atoms with Gasteiger partial charge in [0.1, 0.15) is 5.75 Å². The molecule has 0 bridgehead atoms. The molecule has 1 aromatic carbocycles. The van der Waals surface area contributed by atoms with Crippen LogP contribution in [0.4, 0.5) is 5.69 Å². The lowest BCUT2D eigenvalue weighted by molar-refractivity contribution is 0.0898. The van der Waals surface area contributed by atoms with Crippen LogP contribution in [0.5, 0.6) is 5.75 Å². The van der Waals surface area contributed by atoms with Gasteiger partial charge in [-0.05, 0) is 44.6 Å². The smallest absolute Gasteiger partial charge is 0.255 e. The zero-order valence-electron chi connectivity index (χ0n) is 16.7. The molecule has 1 saturated heterocycles. The summed E-state index contributed by atoms with van der Waals surface area (Å²) in [6, 6.07) is 3.44. The Bertz CT molecular complexity index is 643. The predicted molar refractivity (Wildman–Crippen MR) is 118 cm³/mol. The van der Waals surface area contributed by atoms with Gasteiger partial charge in [0.2, 0.25) is 0 Å². The number of rotatable bonds is 6. The minimum atomic E-state index is -0.133. The fourth-order valence-electron chi connectivity index (χ4n) is 4.28. The molecular formula is C21H33Cl2N3O2. The lowest BCUT2D eigenvalue weighted by atomic mass is 9.88. The minimum Gasteiger partial charge on any atom is -0.493 e. The maximum Gasteiger partial charge on any atom is 0.255 e. The molecule has 1 aliphatic heterocycles. The molecule has 0 spiro atoms. The van der Waals surface area contributed by atoms with Crippen LogP contribution in [0.15, 0.2) is 12.1 Å². The Morgan fingerprint density at radius 3 is 2.54 bits per heavy atom. The number of halogens is 2. The number of hydrogen-bond donors (Lipinski definition) is 2. The third-order valence-electron chi connectivity index (χ3n) is 5.81. The summed E-state index contributed by atoms with van der Waals surface area (Å²) in [5.74, 6) is 1.23. The van der Waals surface area contributed by atoms with Crippen LogP contribution in [0.2, 0.25) is 5.02 Å². The number of amides is 1. The number of likely N-dealkylation sites (tertiary alicyclic amines) is 1. The highest BCUT2D eigenvalue weighted by atomic mass is 35.5. The molecule has 158 valence electrons. The van der Waals surface area contributed by atoms with Crippen molar-refractivity contribution < 1.29 is 9.53 Å². The molecule has 0 aromatic heterocycles. The summed E-state index contributed by atoms with van der Waals surface area (Å²) in [5, 5.41) is 3.54. The molecule has 28 heavy (non-hydrogen) atoms. The lowest BCUT2D eigenvalue weighted by Gasteiger charge is -2.35. The van der Waals surface area contributed by atoms with E-state index in [2.05, 4.69) is 10.2 Å². The summed E-state index contributed by atoms with van der Waals surface area (Å²) >= 11 is 6.12. The van der Waals surface area contributed by atoms with Crippen molar-refractivity contribution in [3.8, 4) is 5.75 Å². The average molecular weight is 430 g/mol. The van der Waals surface area contributed by atoms with Gasteiger partial charge in [-0.15, -0.1) is 12.4 Å². The van der Waals surface area contributed by atoms with E-state index in [0.717, 1.165) is 31.8 Å². The van der Waals surface area contributed by atoms with Crippen molar-refractivity contribution in [1.82, 2.24) is 10.2 Å². The number of carbonyl (C=O) groups is 1. The Kier molecular flexibility index (Phi) is 9.19. The van der Waals surface area contributed by atoms with Crippen LogP contribution in [0.3, 0.4) is 0 Å². The van der Waals surface area contributed by atoms with Crippen molar-refractivity contribution in [1.29, 1.82) is 0 Å². The highest BCUT2D eigenvalue weighted by Gasteiger charge is 2.25. The van der Waals surface area contributed by atoms with E-state index < -0.39 is 0 Å². The van der Waals surface area contributed by atoms with Gasteiger partial charge in [-0.2, -0.15) is 0 Å². The first-order valence-electron chi connectivity index (χ1n) is 10.3. The summed E-state index contributed by atoms with van der Waals surface area (Å²) in [5.41, 5.74) is 6.73. The molecular weight excluding hydrogens is 397 g/mol. The molecule has 1 aliphatic carbocycles. The average Bonchev–Trinajstić information content (AvgIpc) is 2.67. The van der Waals surface area contributed by atoms with Crippen LogP contribution in [-0.4, -0.2) is 43.1 Å². The molecule has 1 saturated carbocycles. The minimum absolute atomic E-state index is 0. The van der Waals surface area contributed by atoms with Gasteiger partial charge in [-0.1, -0.05) is 30.9 Å². The number of hydrogen-bond acceptors (Lipinski definition) is 4. The van der Waals surface area contributed by atoms with Gasteiger partial charge in [-0.3, -0.25) is 4.79 Å². The Labute approximate surface area is 179 Å². The van der Waals surface area contributed by atoms with Gasteiger partial charge in [0.15, 0.2) is 0 Å². The van der Waals surface area contributed by atoms with E-state index in [4.69, 9.17) is 22.1 Å². The third kappa shape index (κ3) is 6.16. The first-order valence-corrected chi connectivity index (χ1v) is 10.7. The highest BCUT2D eigenvalue weighted by Crippen LogP contribution is 2.30.